The van der Waals surface area contributed by atoms with Gasteiger partial charge in [0.15, 0.2) is 0 Å². The average molecular weight is 347 g/mol. The molecule has 1 amide bonds. The Balaban J connectivity index is 1.66. The first kappa shape index (κ1) is 16.8. The number of rotatable bonds is 5. The summed E-state index contributed by atoms with van der Waals surface area (Å²) in [7, 11) is 0. The maximum Gasteiger partial charge on any atom is 0.267 e. The van der Waals surface area contributed by atoms with Crippen molar-refractivity contribution in [3.63, 3.8) is 0 Å². The van der Waals surface area contributed by atoms with E-state index in [1.165, 1.54) is 11.5 Å². The largest absolute Gasteiger partial charge is 0.472 e. The van der Waals surface area contributed by atoms with Crippen molar-refractivity contribution in [1.29, 1.82) is 0 Å². The van der Waals surface area contributed by atoms with Crippen molar-refractivity contribution in [1.82, 2.24) is 24.5 Å². The van der Waals surface area contributed by atoms with Crippen LogP contribution in [0.1, 0.15) is 47.4 Å². The fourth-order valence-electron chi connectivity index (χ4n) is 2.80. The van der Waals surface area contributed by atoms with Gasteiger partial charge in [0, 0.05) is 18.8 Å². The SMILES string of the molecule is CCCc1nnsc1C(=O)N1CCC[C@@H](Oc2ccnc(C)n2)C1. The Labute approximate surface area is 145 Å². The van der Waals surface area contributed by atoms with E-state index in [-0.39, 0.29) is 12.0 Å². The smallest absolute Gasteiger partial charge is 0.267 e. The minimum atomic E-state index is -0.0486. The van der Waals surface area contributed by atoms with Crippen molar-refractivity contribution in [3.05, 3.63) is 28.7 Å². The Morgan fingerprint density at radius 2 is 2.38 bits per heavy atom. The van der Waals surface area contributed by atoms with Gasteiger partial charge in [0.2, 0.25) is 5.88 Å². The third kappa shape index (κ3) is 3.87. The molecule has 0 aromatic carbocycles. The monoisotopic (exact) mass is 347 g/mol. The second-order valence-electron chi connectivity index (χ2n) is 5.87. The summed E-state index contributed by atoms with van der Waals surface area (Å²) in [6.07, 6.45) is 5.19. The normalized spacial score (nSPS) is 17.8. The molecule has 1 atom stereocenters. The number of carbonyl (C=O) groups is 1. The maximum atomic E-state index is 12.8. The molecule has 8 heteroatoms. The molecular weight excluding hydrogens is 326 g/mol. The third-order valence-corrected chi connectivity index (χ3v) is 4.70. The summed E-state index contributed by atoms with van der Waals surface area (Å²) in [5.74, 6) is 1.25. The quantitative estimate of drug-likeness (QED) is 0.825. The Morgan fingerprint density at radius 3 is 3.17 bits per heavy atom. The lowest BCUT2D eigenvalue weighted by Gasteiger charge is -2.32. The molecular formula is C16H21N5O2S. The minimum Gasteiger partial charge on any atom is -0.472 e. The van der Waals surface area contributed by atoms with Crippen LogP contribution in [0.25, 0.3) is 0 Å². The number of carbonyl (C=O) groups excluding carboxylic acids is 1. The molecule has 0 N–H and O–H groups in total. The molecule has 1 aliphatic rings. The van der Waals surface area contributed by atoms with E-state index in [0.29, 0.717) is 23.1 Å². The molecule has 24 heavy (non-hydrogen) atoms. The molecule has 3 rings (SSSR count). The molecule has 2 aromatic heterocycles. The summed E-state index contributed by atoms with van der Waals surface area (Å²) in [4.78, 5) is 23.6. The van der Waals surface area contributed by atoms with Gasteiger partial charge in [-0.3, -0.25) is 4.79 Å². The molecule has 128 valence electrons. The first-order valence-corrected chi connectivity index (χ1v) is 9.01. The summed E-state index contributed by atoms with van der Waals surface area (Å²) in [6, 6.07) is 1.75. The lowest BCUT2D eigenvalue weighted by molar-refractivity contribution is 0.0530. The van der Waals surface area contributed by atoms with Gasteiger partial charge in [-0.05, 0) is 37.7 Å². The zero-order valence-electron chi connectivity index (χ0n) is 13.9. The number of amides is 1. The third-order valence-electron chi connectivity index (χ3n) is 3.94. The number of piperidine rings is 1. The first-order valence-electron chi connectivity index (χ1n) is 8.24. The van der Waals surface area contributed by atoms with Crippen LogP contribution >= 0.6 is 11.5 Å². The highest BCUT2D eigenvalue weighted by atomic mass is 32.1. The number of likely N-dealkylation sites (tertiary alicyclic amines) is 1. The highest BCUT2D eigenvalue weighted by Crippen LogP contribution is 2.21. The summed E-state index contributed by atoms with van der Waals surface area (Å²) >= 11 is 1.18. The van der Waals surface area contributed by atoms with E-state index >= 15 is 0 Å². The molecule has 2 aromatic rings. The molecule has 0 bridgehead atoms. The van der Waals surface area contributed by atoms with Crippen LogP contribution in [0.2, 0.25) is 0 Å². The van der Waals surface area contributed by atoms with Gasteiger partial charge in [-0.25, -0.2) is 4.98 Å². The topological polar surface area (TPSA) is 81.1 Å². The summed E-state index contributed by atoms with van der Waals surface area (Å²) in [6.45, 7) is 5.20. The number of aryl methyl sites for hydroxylation is 2. The molecule has 7 nitrogen and oxygen atoms in total. The van der Waals surface area contributed by atoms with Crippen LogP contribution in [-0.4, -0.2) is 49.6 Å². The predicted molar refractivity (Wildman–Crippen MR) is 90.2 cm³/mol. The Hall–Kier alpha value is -2.09. The van der Waals surface area contributed by atoms with Gasteiger partial charge in [-0.15, -0.1) is 5.10 Å². The molecule has 0 unspecified atom stereocenters. The maximum absolute atomic E-state index is 12.8. The van der Waals surface area contributed by atoms with Crippen molar-refractivity contribution in [3.8, 4) is 5.88 Å². The van der Waals surface area contributed by atoms with E-state index in [2.05, 4.69) is 26.5 Å². The Bertz CT molecular complexity index is 705. The second-order valence-corrected chi connectivity index (χ2v) is 6.63. The van der Waals surface area contributed by atoms with Crippen LogP contribution < -0.4 is 4.74 Å². The van der Waals surface area contributed by atoms with Crippen LogP contribution in [0, 0.1) is 6.92 Å². The van der Waals surface area contributed by atoms with Crippen molar-refractivity contribution < 1.29 is 9.53 Å². The zero-order valence-corrected chi connectivity index (χ0v) is 14.8. The Morgan fingerprint density at radius 1 is 1.50 bits per heavy atom. The molecule has 0 aliphatic carbocycles. The van der Waals surface area contributed by atoms with Crippen LogP contribution in [0.4, 0.5) is 0 Å². The van der Waals surface area contributed by atoms with E-state index in [0.717, 1.165) is 37.9 Å². The summed E-state index contributed by atoms with van der Waals surface area (Å²) in [5, 5.41) is 4.09. The molecule has 3 heterocycles. The number of hydrogen-bond acceptors (Lipinski definition) is 7. The molecule has 1 saturated heterocycles. The van der Waals surface area contributed by atoms with Gasteiger partial charge < -0.3 is 9.64 Å². The molecule has 0 spiro atoms. The summed E-state index contributed by atoms with van der Waals surface area (Å²) in [5.41, 5.74) is 0.807. The first-order chi connectivity index (χ1) is 11.7. The van der Waals surface area contributed by atoms with Gasteiger partial charge in [-0.2, -0.15) is 4.98 Å². The molecule has 1 aliphatic heterocycles. The molecule has 0 saturated carbocycles. The number of hydrogen-bond donors (Lipinski definition) is 0. The molecule has 1 fully saturated rings. The van der Waals surface area contributed by atoms with Gasteiger partial charge in [0.25, 0.3) is 5.91 Å². The number of aromatic nitrogens is 4. The van der Waals surface area contributed by atoms with Crippen LogP contribution in [-0.2, 0) is 6.42 Å². The van der Waals surface area contributed by atoms with Crippen molar-refractivity contribution in [2.24, 2.45) is 0 Å². The van der Waals surface area contributed by atoms with E-state index < -0.39 is 0 Å². The fraction of sp³-hybridized carbons (Fsp3) is 0.562. The lowest BCUT2D eigenvalue weighted by atomic mass is 10.1. The van der Waals surface area contributed by atoms with Crippen LogP contribution in [0.15, 0.2) is 12.3 Å². The second kappa shape index (κ2) is 7.65. The standard InChI is InChI=1S/C16H21N5O2S/c1-3-5-13-15(24-20-19-13)16(22)21-9-4-6-12(10-21)23-14-7-8-17-11(2)18-14/h7-8,12H,3-6,9-10H2,1-2H3/t12-/m1/s1. The van der Waals surface area contributed by atoms with Crippen LogP contribution in [0.3, 0.4) is 0 Å². The van der Waals surface area contributed by atoms with E-state index in [1.54, 1.807) is 12.3 Å². The van der Waals surface area contributed by atoms with Gasteiger partial charge >= 0.3 is 0 Å². The van der Waals surface area contributed by atoms with Crippen LogP contribution in [0.5, 0.6) is 5.88 Å². The zero-order chi connectivity index (χ0) is 16.9. The van der Waals surface area contributed by atoms with Gasteiger partial charge in [0.05, 0.1) is 12.2 Å². The highest BCUT2D eigenvalue weighted by molar-refractivity contribution is 7.08. The minimum absolute atomic E-state index is 0.0145. The molecule has 0 radical (unpaired) electrons. The van der Waals surface area contributed by atoms with E-state index in [9.17, 15) is 4.79 Å². The Kier molecular flexibility index (Phi) is 5.34. The van der Waals surface area contributed by atoms with Crippen molar-refractivity contribution in [2.75, 3.05) is 13.1 Å². The van der Waals surface area contributed by atoms with E-state index in [4.69, 9.17) is 4.74 Å². The highest BCUT2D eigenvalue weighted by Gasteiger charge is 2.28. The van der Waals surface area contributed by atoms with Gasteiger partial charge in [0.1, 0.15) is 16.8 Å². The van der Waals surface area contributed by atoms with Gasteiger partial charge in [-0.1, -0.05) is 17.8 Å². The lowest BCUT2D eigenvalue weighted by Crippen LogP contribution is -2.44. The average Bonchev–Trinajstić information content (AvgIpc) is 3.03. The number of nitrogens with zero attached hydrogens (tertiary/aromatic N) is 5. The van der Waals surface area contributed by atoms with Crippen molar-refractivity contribution >= 4 is 17.4 Å². The predicted octanol–water partition coefficient (Wildman–Crippen LogP) is 2.27. The van der Waals surface area contributed by atoms with Crippen molar-refractivity contribution in [2.45, 2.75) is 45.6 Å². The summed E-state index contributed by atoms with van der Waals surface area (Å²) < 4.78 is 9.89. The van der Waals surface area contributed by atoms with E-state index in [1.807, 2.05) is 11.8 Å². The fourth-order valence-corrected chi connectivity index (χ4v) is 3.48. The number of ether oxygens (including phenoxy) is 1.